The second-order valence-corrected chi connectivity index (χ2v) is 5.19. The first-order valence-corrected chi connectivity index (χ1v) is 7.10. The van der Waals surface area contributed by atoms with Crippen molar-refractivity contribution >= 4 is 35.1 Å². The molecule has 1 aliphatic rings. The van der Waals surface area contributed by atoms with Gasteiger partial charge in [-0.25, -0.2) is 0 Å². The Kier molecular flexibility index (Phi) is 4.34. The first kappa shape index (κ1) is 14.5. The number of carbonyl (C=O) groups is 4. The minimum absolute atomic E-state index is 0.133. The summed E-state index contributed by atoms with van der Waals surface area (Å²) in [4.78, 5) is 47.3. The summed E-state index contributed by atoms with van der Waals surface area (Å²) < 4.78 is 4.73. The van der Waals surface area contributed by atoms with Crippen molar-refractivity contribution in [1.82, 2.24) is 0 Å². The Balaban J connectivity index is 2.20. The first-order valence-electron chi connectivity index (χ1n) is 6.05. The van der Waals surface area contributed by atoms with Crippen molar-refractivity contribution in [1.29, 1.82) is 0 Å². The molecule has 2 rings (SSSR count). The minimum atomic E-state index is -1.15. The van der Waals surface area contributed by atoms with Gasteiger partial charge in [-0.2, -0.15) is 0 Å². The van der Waals surface area contributed by atoms with Gasteiger partial charge in [-0.1, -0.05) is 24.3 Å². The average molecular weight is 292 g/mol. The van der Waals surface area contributed by atoms with Crippen LogP contribution in [0.1, 0.15) is 27.6 Å². The fourth-order valence-corrected chi connectivity index (χ4v) is 2.84. The van der Waals surface area contributed by atoms with Crippen molar-refractivity contribution in [2.45, 2.75) is 12.2 Å². The summed E-state index contributed by atoms with van der Waals surface area (Å²) in [7, 11) is 0. The predicted octanol–water partition coefficient (Wildman–Crippen LogP) is 1.30. The lowest BCUT2D eigenvalue weighted by Crippen LogP contribution is -2.39. The molecule has 20 heavy (non-hydrogen) atoms. The van der Waals surface area contributed by atoms with Crippen molar-refractivity contribution in [3.8, 4) is 0 Å². The van der Waals surface area contributed by atoms with Crippen LogP contribution in [-0.2, 0) is 14.3 Å². The van der Waals surface area contributed by atoms with E-state index in [0.717, 1.165) is 11.8 Å². The Morgan fingerprint density at radius 3 is 2.45 bits per heavy atom. The topological polar surface area (TPSA) is 77.5 Å². The number of ether oxygens (including phenoxy) is 1. The Labute approximate surface area is 119 Å². The number of benzene rings is 1. The Bertz CT molecular complexity index is 593. The number of carbonyl (C=O) groups excluding carboxylic acids is 4. The van der Waals surface area contributed by atoms with Gasteiger partial charge in [-0.3, -0.25) is 19.2 Å². The zero-order chi connectivity index (χ0) is 14.7. The molecular formula is C14H12O5S. The van der Waals surface area contributed by atoms with Crippen LogP contribution in [0.3, 0.4) is 0 Å². The summed E-state index contributed by atoms with van der Waals surface area (Å²) in [6.45, 7) is 1.90. The van der Waals surface area contributed by atoms with Gasteiger partial charge in [0.15, 0.2) is 5.78 Å². The standard InChI is InChI=1S/C14H12O5S/c1-2-19-10(15)7-20-14-12(17)9-6-4-3-5-8(9)11(16)13(14)18/h3-6,14H,2,7H2,1H3. The predicted molar refractivity (Wildman–Crippen MR) is 73.0 cm³/mol. The van der Waals surface area contributed by atoms with Gasteiger partial charge in [0, 0.05) is 11.1 Å². The highest BCUT2D eigenvalue weighted by Gasteiger charge is 2.40. The van der Waals surface area contributed by atoms with E-state index in [-0.39, 0.29) is 23.5 Å². The fourth-order valence-electron chi connectivity index (χ4n) is 1.91. The third-order valence-corrected chi connectivity index (χ3v) is 3.97. The number of rotatable bonds is 4. The molecule has 104 valence electrons. The average Bonchev–Trinajstić information content (AvgIpc) is 2.45. The van der Waals surface area contributed by atoms with E-state index in [4.69, 9.17) is 4.74 Å². The van der Waals surface area contributed by atoms with Gasteiger partial charge in [0.2, 0.25) is 11.6 Å². The van der Waals surface area contributed by atoms with Crippen LogP contribution in [-0.4, -0.2) is 40.9 Å². The van der Waals surface area contributed by atoms with Crippen molar-refractivity contribution in [2.24, 2.45) is 0 Å². The van der Waals surface area contributed by atoms with Gasteiger partial charge in [-0.05, 0) is 6.92 Å². The maximum Gasteiger partial charge on any atom is 0.315 e. The molecule has 1 aliphatic carbocycles. The van der Waals surface area contributed by atoms with Crippen molar-refractivity contribution in [3.05, 3.63) is 35.4 Å². The zero-order valence-corrected chi connectivity index (χ0v) is 11.6. The summed E-state index contributed by atoms with van der Waals surface area (Å²) >= 11 is 0.835. The van der Waals surface area contributed by atoms with Gasteiger partial charge in [0.25, 0.3) is 0 Å². The smallest absolute Gasteiger partial charge is 0.315 e. The van der Waals surface area contributed by atoms with Crippen LogP contribution in [0.5, 0.6) is 0 Å². The highest BCUT2D eigenvalue weighted by molar-refractivity contribution is 8.02. The number of ketones is 3. The highest BCUT2D eigenvalue weighted by atomic mass is 32.2. The molecule has 0 bridgehead atoms. The number of esters is 1. The molecule has 1 aromatic carbocycles. The van der Waals surface area contributed by atoms with Gasteiger partial charge < -0.3 is 4.74 Å². The van der Waals surface area contributed by atoms with Gasteiger partial charge >= 0.3 is 5.97 Å². The molecule has 6 heteroatoms. The number of fused-ring (bicyclic) bond motifs is 1. The number of hydrogen-bond donors (Lipinski definition) is 0. The van der Waals surface area contributed by atoms with E-state index >= 15 is 0 Å². The second kappa shape index (κ2) is 6.00. The molecule has 1 unspecified atom stereocenters. The third-order valence-electron chi connectivity index (χ3n) is 2.81. The lowest BCUT2D eigenvalue weighted by atomic mass is 9.88. The molecule has 0 saturated carbocycles. The summed E-state index contributed by atoms with van der Waals surface area (Å²) in [5, 5.41) is -1.15. The fraction of sp³-hybridized carbons (Fsp3) is 0.286. The molecule has 1 atom stereocenters. The van der Waals surface area contributed by atoms with Crippen LogP contribution in [0.2, 0.25) is 0 Å². The van der Waals surface area contributed by atoms with Crippen LogP contribution < -0.4 is 0 Å². The number of Topliss-reactive ketones (excluding diaryl/α,β-unsaturated/α-hetero) is 3. The van der Waals surface area contributed by atoms with Crippen molar-refractivity contribution in [3.63, 3.8) is 0 Å². The van der Waals surface area contributed by atoms with Crippen molar-refractivity contribution < 1.29 is 23.9 Å². The molecule has 0 aromatic heterocycles. The zero-order valence-electron chi connectivity index (χ0n) is 10.8. The maximum absolute atomic E-state index is 12.2. The van der Waals surface area contributed by atoms with Crippen LogP contribution in [0.15, 0.2) is 24.3 Å². The van der Waals surface area contributed by atoms with E-state index in [9.17, 15) is 19.2 Å². The molecule has 1 aromatic rings. The van der Waals surface area contributed by atoms with Crippen LogP contribution in [0, 0.1) is 0 Å². The third kappa shape index (κ3) is 2.65. The second-order valence-electron chi connectivity index (χ2n) is 4.10. The molecular weight excluding hydrogens is 280 g/mol. The highest BCUT2D eigenvalue weighted by Crippen LogP contribution is 2.26. The normalized spacial score (nSPS) is 17.9. The molecule has 0 spiro atoms. The molecule has 0 N–H and O–H groups in total. The summed E-state index contributed by atoms with van der Waals surface area (Å²) in [6.07, 6.45) is 0. The lowest BCUT2D eigenvalue weighted by Gasteiger charge is -2.20. The van der Waals surface area contributed by atoms with E-state index in [1.54, 1.807) is 19.1 Å². The van der Waals surface area contributed by atoms with Gasteiger partial charge in [0.1, 0.15) is 5.25 Å². The monoisotopic (exact) mass is 292 g/mol. The maximum atomic E-state index is 12.2. The molecule has 5 nitrogen and oxygen atoms in total. The van der Waals surface area contributed by atoms with E-state index < -0.39 is 28.6 Å². The van der Waals surface area contributed by atoms with E-state index in [1.807, 2.05) is 0 Å². The molecule has 0 aliphatic heterocycles. The quantitative estimate of drug-likeness (QED) is 0.473. The Hall–Kier alpha value is -1.95. The lowest BCUT2D eigenvalue weighted by molar-refractivity contribution is -0.139. The molecule has 0 fully saturated rings. The van der Waals surface area contributed by atoms with E-state index in [0.29, 0.717) is 0 Å². The van der Waals surface area contributed by atoms with Crippen LogP contribution in [0.4, 0.5) is 0 Å². The summed E-state index contributed by atoms with van der Waals surface area (Å²) in [6, 6.07) is 6.20. The molecule has 0 heterocycles. The number of hydrogen-bond acceptors (Lipinski definition) is 6. The van der Waals surface area contributed by atoms with E-state index in [1.165, 1.54) is 12.1 Å². The summed E-state index contributed by atoms with van der Waals surface area (Å²) in [5.41, 5.74) is 0.369. The summed E-state index contributed by atoms with van der Waals surface area (Å²) in [5.74, 6) is -2.53. The van der Waals surface area contributed by atoms with Crippen LogP contribution >= 0.6 is 11.8 Å². The molecule has 0 amide bonds. The van der Waals surface area contributed by atoms with Gasteiger partial charge in [-0.15, -0.1) is 11.8 Å². The Morgan fingerprint density at radius 1 is 1.15 bits per heavy atom. The largest absolute Gasteiger partial charge is 0.465 e. The SMILES string of the molecule is CCOC(=O)CSC1C(=O)C(=O)c2ccccc2C1=O. The van der Waals surface area contributed by atoms with Crippen molar-refractivity contribution in [2.75, 3.05) is 12.4 Å². The van der Waals surface area contributed by atoms with Gasteiger partial charge in [0.05, 0.1) is 12.4 Å². The molecule has 0 saturated heterocycles. The van der Waals surface area contributed by atoms with E-state index in [2.05, 4.69) is 0 Å². The minimum Gasteiger partial charge on any atom is -0.465 e. The molecule has 0 radical (unpaired) electrons. The number of thioether (sulfide) groups is 1. The first-order chi connectivity index (χ1) is 9.56. The Morgan fingerprint density at radius 2 is 1.80 bits per heavy atom. The van der Waals surface area contributed by atoms with Crippen LogP contribution in [0.25, 0.3) is 0 Å².